The Morgan fingerprint density at radius 2 is 1.21 bits per heavy atom. The highest BCUT2D eigenvalue weighted by Crippen LogP contribution is 2.46. The minimum absolute atomic E-state index is 0.811. The zero-order valence-corrected chi connectivity index (χ0v) is 16.0. The molecule has 0 spiro atoms. The van der Waals surface area contributed by atoms with E-state index in [-0.39, 0.29) is 0 Å². The zero-order chi connectivity index (χ0) is 18.4. The lowest BCUT2D eigenvalue weighted by atomic mass is 10.0. The smallest absolute Gasteiger partial charge is 0.150 e. The van der Waals surface area contributed by atoms with E-state index in [0.29, 0.717) is 0 Å². The van der Waals surface area contributed by atoms with Crippen LogP contribution in [0.1, 0.15) is 0 Å². The number of rotatable bonds is 0. The van der Waals surface area contributed by atoms with Gasteiger partial charge in [-0.25, -0.2) is 0 Å². The van der Waals surface area contributed by atoms with E-state index < -0.39 is 0 Å². The molecule has 4 heteroatoms. The molecule has 0 fully saturated rings. The second kappa shape index (κ2) is 4.97. The minimum Gasteiger partial charge on any atom is -0.456 e. The fraction of sp³-hybridized carbons (Fsp3) is 0. The van der Waals surface area contributed by atoms with Gasteiger partial charge in [0, 0.05) is 26.9 Å². The fourth-order valence-electron chi connectivity index (χ4n) is 4.38. The van der Waals surface area contributed by atoms with Crippen molar-refractivity contribution in [2.24, 2.45) is 0 Å². The molecule has 0 bridgehead atoms. The normalized spacial score (nSPS) is 12.5. The van der Waals surface area contributed by atoms with Crippen molar-refractivity contribution < 1.29 is 13.3 Å². The van der Waals surface area contributed by atoms with Crippen molar-refractivity contribution in [1.82, 2.24) is 0 Å². The standard InChI is InChI=1S/C24H11BrO3/c25-15-11-19-21(20-14-6-2-4-8-17(14)28-24(15)20)22-18(26-19)10-9-13-12-5-1-3-7-16(12)27-23(13)22/h1-11H. The van der Waals surface area contributed by atoms with Crippen molar-refractivity contribution in [1.29, 1.82) is 0 Å². The highest BCUT2D eigenvalue weighted by Gasteiger charge is 2.22. The first-order valence-corrected chi connectivity index (χ1v) is 9.85. The third kappa shape index (κ3) is 1.69. The van der Waals surface area contributed by atoms with Crippen LogP contribution in [0.3, 0.4) is 0 Å². The Hall–Kier alpha value is -3.24. The molecule has 0 unspecified atom stereocenters. The molecule has 0 aliphatic heterocycles. The van der Waals surface area contributed by atoms with Crippen LogP contribution in [0.15, 0.2) is 84.5 Å². The Bertz CT molecular complexity index is 1730. The van der Waals surface area contributed by atoms with Gasteiger partial charge in [0.2, 0.25) is 0 Å². The highest BCUT2D eigenvalue weighted by atomic mass is 79.9. The molecule has 0 atom stereocenters. The summed E-state index contributed by atoms with van der Waals surface area (Å²) in [6.07, 6.45) is 0. The summed E-state index contributed by atoms with van der Waals surface area (Å²) in [7, 11) is 0. The quantitative estimate of drug-likeness (QED) is 0.245. The molecular formula is C24H11BrO3. The van der Waals surface area contributed by atoms with Crippen LogP contribution in [-0.2, 0) is 0 Å². The number of hydrogen-bond donors (Lipinski definition) is 0. The average molecular weight is 427 g/mol. The van der Waals surface area contributed by atoms with Crippen LogP contribution in [0.5, 0.6) is 0 Å². The predicted octanol–water partition coefficient (Wildman–Crippen LogP) is 8.15. The third-order valence-electron chi connectivity index (χ3n) is 5.55. The minimum atomic E-state index is 0.811. The maximum absolute atomic E-state index is 6.30. The van der Waals surface area contributed by atoms with E-state index in [1.807, 2.05) is 48.5 Å². The summed E-state index contributed by atoms with van der Waals surface area (Å²) in [6.45, 7) is 0. The van der Waals surface area contributed by atoms with Gasteiger partial charge < -0.3 is 13.3 Å². The van der Waals surface area contributed by atoms with Gasteiger partial charge in [0.05, 0.1) is 9.86 Å². The molecular weight excluding hydrogens is 416 g/mol. The van der Waals surface area contributed by atoms with Crippen molar-refractivity contribution >= 4 is 81.7 Å². The first-order chi connectivity index (χ1) is 13.8. The Kier molecular flexibility index (Phi) is 2.62. The monoisotopic (exact) mass is 426 g/mol. The Morgan fingerprint density at radius 1 is 0.500 bits per heavy atom. The molecule has 0 aliphatic rings. The Balaban J connectivity index is 1.85. The molecule has 0 N–H and O–H groups in total. The van der Waals surface area contributed by atoms with Crippen molar-refractivity contribution in [3.05, 3.63) is 71.2 Å². The van der Waals surface area contributed by atoms with Crippen LogP contribution in [0.2, 0.25) is 0 Å². The van der Waals surface area contributed by atoms with Gasteiger partial charge in [-0.3, -0.25) is 0 Å². The largest absolute Gasteiger partial charge is 0.456 e. The van der Waals surface area contributed by atoms with Gasteiger partial charge in [-0.05, 0) is 46.3 Å². The van der Waals surface area contributed by atoms with E-state index in [2.05, 4.69) is 34.1 Å². The van der Waals surface area contributed by atoms with Crippen LogP contribution < -0.4 is 0 Å². The van der Waals surface area contributed by atoms with Crippen molar-refractivity contribution in [2.45, 2.75) is 0 Å². The van der Waals surface area contributed by atoms with Gasteiger partial charge in [-0.2, -0.15) is 0 Å². The van der Waals surface area contributed by atoms with Gasteiger partial charge in [-0.15, -0.1) is 0 Å². The van der Waals surface area contributed by atoms with Gasteiger partial charge >= 0.3 is 0 Å². The number of para-hydroxylation sites is 2. The van der Waals surface area contributed by atoms with Crippen LogP contribution in [-0.4, -0.2) is 0 Å². The molecule has 4 aromatic carbocycles. The summed E-state index contributed by atoms with van der Waals surface area (Å²) in [5.74, 6) is 0. The molecule has 0 saturated heterocycles. The molecule has 0 amide bonds. The van der Waals surface area contributed by atoms with Gasteiger partial charge in [0.1, 0.15) is 33.5 Å². The molecule has 7 aromatic rings. The number of furan rings is 3. The first-order valence-electron chi connectivity index (χ1n) is 9.06. The van der Waals surface area contributed by atoms with Gasteiger partial charge in [0.15, 0.2) is 0 Å². The van der Waals surface area contributed by atoms with E-state index >= 15 is 0 Å². The molecule has 3 nitrogen and oxygen atoms in total. The second-order valence-electron chi connectivity index (χ2n) is 7.05. The molecule has 0 radical (unpaired) electrons. The molecule has 3 aromatic heterocycles. The Morgan fingerprint density at radius 3 is 2.07 bits per heavy atom. The molecule has 3 heterocycles. The lowest BCUT2D eigenvalue weighted by molar-refractivity contribution is 0.659. The number of hydrogen-bond acceptors (Lipinski definition) is 3. The fourth-order valence-corrected chi connectivity index (χ4v) is 4.86. The zero-order valence-electron chi connectivity index (χ0n) is 14.5. The second-order valence-corrected chi connectivity index (χ2v) is 7.90. The van der Waals surface area contributed by atoms with E-state index in [1.54, 1.807) is 0 Å². The lowest BCUT2D eigenvalue weighted by Gasteiger charge is -1.97. The van der Waals surface area contributed by atoms with Crippen LogP contribution in [0.25, 0.3) is 65.8 Å². The third-order valence-corrected chi connectivity index (χ3v) is 6.13. The number of halogens is 1. The molecule has 0 saturated carbocycles. The summed E-state index contributed by atoms with van der Waals surface area (Å²) in [5.41, 5.74) is 5.04. The summed E-state index contributed by atoms with van der Waals surface area (Å²) in [6, 6.07) is 22.3. The van der Waals surface area contributed by atoms with Crippen molar-refractivity contribution in [3.8, 4) is 0 Å². The summed E-state index contributed by atoms with van der Waals surface area (Å²) in [4.78, 5) is 0. The average Bonchev–Trinajstić information content (AvgIpc) is 3.38. The Labute approximate surface area is 166 Å². The molecule has 7 rings (SSSR count). The lowest BCUT2D eigenvalue weighted by Crippen LogP contribution is -1.74. The summed E-state index contributed by atoms with van der Waals surface area (Å²) < 4.78 is 19.6. The maximum atomic E-state index is 6.30. The van der Waals surface area contributed by atoms with E-state index in [0.717, 1.165) is 70.3 Å². The number of benzene rings is 4. The topological polar surface area (TPSA) is 39.4 Å². The maximum Gasteiger partial charge on any atom is 0.150 e. The number of fused-ring (bicyclic) bond motifs is 11. The van der Waals surface area contributed by atoms with Crippen LogP contribution >= 0.6 is 15.9 Å². The molecule has 132 valence electrons. The van der Waals surface area contributed by atoms with E-state index in [4.69, 9.17) is 13.3 Å². The van der Waals surface area contributed by atoms with Crippen LogP contribution in [0.4, 0.5) is 0 Å². The van der Waals surface area contributed by atoms with Crippen molar-refractivity contribution in [3.63, 3.8) is 0 Å². The summed E-state index contributed by atoms with van der Waals surface area (Å²) >= 11 is 3.65. The van der Waals surface area contributed by atoms with Gasteiger partial charge in [0.25, 0.3) is 0 Å². The molecule has 0 aliphatic carbocycles. The highest BCUT2D eigenvalue weighted by molar-refractivity contribution is 9.10. The predicted molar refractivity (Wildman–Crippen MR) is 116 cm³/mol. The van der Waals surface area contributed by atoms with Gasteiger partial charge in [-0.1, -0.05) is 36.4 Å². The molecule has 28 heavy (non-hydrogen) atoms. The van der Waals surface area contributed by atoms with E-state index in [9.17, 15) is 0 Å². The SMILES string of the molecule is Brc1cc2oc3ccc4c5ccccc5oc4c3c2c2c1oc1ccccc12. The first kappa shape index (κ1) is 14.8. The van der Waals surface area contributed by atoms with E-state index in [1.165, 1.54) is 0 Å². The van der Waals surface area contributed by atoms with Crippen molar-refractivity contribution in [2.75, 3.05) is 0 Å². The van der Waals surface area contributed by atoms with Crippen LogP contribution in [0, 0.1) is 0 Å². The summed E-state index contributed by atoms with van der Waals surface area (Å²) in [5, 5.41) is 6.34.